The van der Waals surface area contributed by atoms with Gasteiger partial charge in [-0.05, 0) is 56.6 Å². The molecule has 0 amide bonds. The van der Waals surface area contributed by atoms with E-state index in [2.05, 4.69) is 57.8 Å². The van der Waals surface area contributed by atoms with Crippen LogP contribution in [0.2, 0.25) is 31.7 Å². The summed E-state index contributed by atoms with van der Waals surface area (Å²) < 4.78 is 18.1. The van der Waals surface area contributed by atoms with Crippen molar-refractivity contribution in [2.24, 2.45) is 0 Å². The molecule has 0 heterocycles. The van der Waals surface area contributed by atoms with Gasteiger partial charge in [0.2, 0.25) is 8.32 Å². The summed E-state index contributed by atoms with van der Waals surface area (Å²) in [6, 6.07) is 10.8. The van der Waals surface area contributed by atoms with E-state index in [9.17, 15) is 0 Å². The molecule has 0 aliphatic carbocycles. The van der Waals surface area contributed by atoms with Crippen LogP contribution >= 0.6 is 0 Å². The Morgan fingerprint density at radius 2 is 1.56 bits per heavy atom. The summed E-state index contributed by atoms with van der Waals surface area (Å²) in [5.41, 5.74) is 1.35. The third-order valence-corrected chi connectivity index (χ3v) is 6.26. The fourth-order valence-corrected chi connectivity index (χ4v) is 4.61. The fourth-order valence-electron chi connectivity index (χ4n) is 2.65. The third kappa shape index (κ3) is 12.4. The first-order valence-electron chi connectivity index (χ1n) is 10.7. The first-order chi connectivity index (χ1) is 13.0. The first kappa shape index (κ1) is 24.4. The topological polar surface area (TPSA) is 27.7 Å². The molecule has 0 bridgehead atoms. The number of para-hydroxylation sites is 1. The van der Waals surface area contributed by atoms with Crippen LogP contribution in [0, 0.1) is 0 Å². The van der Waals surface area contributed by atoms with Gasteiger partial charge in [0.25, 0.3) is 0 Å². The van der Waals surface area contributed by atoms with E-state index in [4.69, 9.17) is 13.9 Å². The van der Waals surface area contributed by atoms with Gasteiger partial charge in [0.05, 0.1) is 0 Å². The van der Waals surface area contributed by atoms with Crippen LogP contribution in [0.1, 0.15) is 51.5 Å². The minimum Gasteiger partial charge on any atom is -0.544 e. The molecule has 0 aromatic heterocycles. The molecule has 0 aliphatic heterocycles. The van der Waals surface area contributed by atoms with Gasteiger partial charge in [-0.15, -0.1) is 0 Å². The largest absolute Gasteiger partial charge is 0.544 e. The lowest BCUT2D eigenvalue weighted by Crippen LogP contribution is -2.29. The Balaban J connectivity index is 2.34. The Bertz CT molecular complexity index is 479. The second-order valence-corrected chi connectivity index (χ2v) is 13.8. The number of unbranched alkanes of at least 4 members (excludes halogenated alkanes) is 2. The summed E-state index contributed by atoms with van der Waals surface area (Å²) in [4.78, 5) is 0. The molecule has 1 aromatic carbocycles. The molecule has 0 N–H and O–H groups in total. The minimum atomic E-state index is -1.56. The lowest BCUT2D eigenvalue weighted by Gasteiger charge is -2.21. The zero-order valence-corrected chi connectivity index (χ0v) is 20.2. The van der Waals surface area contributed by atoms with Crippen LogP contribution in [0.4, 0.5) is 0 Å². The van der Waals surface area contributed by atoms with Crippen molar-refractivity contribution in [3.63, 3.8) is 0 Å². The van der Waals surface area contributed by atoms with E-state index in [0.29, 0.717) is 0 Å². The first-order valence-corrected chi connectivity index (χ1v) is 15.5. The SMILES string of the molecule is CCCCOC(C[Si]CCCc1ccccc1O[Si](C)(C)C)OCCCC. The molecule has 0 saturated carbocycles. The molecule has 0 unspecified atom stereocenters. The summed E-state index contributed by atoms with van der Waals surface area (Å²) in [6.07, 6.45) is 6.84. The highest BCUT2D eigenvalue weighted by molar-refractivity contribution is 6.70. The van der Waals surface area contributed by atoms with E-state index >= 15 is 0 Å². The van der Waals surface area contributed by atoms with E-state index in [0.717, 1.165) is 53.8 Å². The van der Waals surface area contributed by atoms with Gasteiger partial charge in [0.1, 0.15) is 5.75 Å². The molecular weight excluding hydrogens is 368 g/mol. The highest BCUT2D eigenvalue weighted by Gasteiger charge is 2.17. The average Bonchev–Trinajstić information content (AvgIpc) is 2.61. The van der Waals surface area contributed by atoms with Crippen LogP contribution in [-0.2, 0) is 15.9 Å². The van der Waals surface area contributed by atoms with Gasteiger partial charge in [-0.2, -0.15) is 0 Å². The van der Waals surface area contributed by atoms with Crippen LogP contribution in [0.15, 0.2) is 24.3 Å². The highest BCUT2D eigenvalue weighted by Crippen LogP contribution is 2.23. The van der Waals surface area contributed by atoms with Crippen molar-refractivity contribution < 1.29 is 13.9 Å². The molecule has 0 fully saturated rings. The van der Waals surface area contributed by atoms with E-state index in [-0.39, 0.29) is 6.29 Å². The lowest BCUT2D eigenvalue weighted by molar-refractivity contribution is -0.131. The number of hydrogen-bond donors (Lipinski definition) is 0. The van der Waals surface area contributed by atoms with Crippen molar-refractivity contribution in [1.82, 2.24) is 0 Å². The van der Waals surface area contributed by atoms with Crippen molar-refractivity contribution >= 4 is 17.8 Å². The van der Waals surface area contributed by atoms with Gasteiger partial charge < -0.3 is 13.9 Å². The lowest BCUT2D eigenvalue weighted by atomic mass is 10.1. The molecular formula is C22H40O3Si2. The third-order valence-electron chi connectivity index (χ3n) is 4.10. The molecule has 0 saturated heterocycles. The van der Waals surface area contributed by atoms with Crippen molar-refractivity contribution in [3.05, 3.63) is 29.8 Å². The van der Waals surface area contributed by atoms with Crippen LogP contribution < -0.4 is 4.43 Å². The Labute approximate surface area is 171 Å². The second kappa shape index (κ2) is 14.4. The average molecular weight is 409 g/mol. The van der Waals surface area contributed by atoms with Crippen LogP contribution in [0.3, 0.4) is 0 Å². The highest BCUT2D eigenvalue weighted by atomic mass is 28.4. The minimum absolute atomic E-state index is 0.0102. The standard InChI is InChI=1S/C22H40O3Si2/c1-6-8-16-23-22(24-17-9-7-2)19-26-18-12-14-20-13-10-11-15-21(20)25-27(3,4)5/h10-11,13,15,22H,6-9,12,14,16-19H2,1-5H3. The number of rotatable bonds is 16. The summed E-state index contributed by atoms with van der Waals surface area (Å²) in [6.45, 7) is 12.7. The molecule has 27 heavy (non-hydrogen) atoms. The van der Waals surface area contributed by atoms with Crippen LogP contribution in [-0.4, -0.2) is 37.3 Å². The summed E-state index contributed by atoms with van der Waals surface area (Å²) in [5.74, 6) is 1.09. The van der Waals surface area contributed by atoms with Crippen LogP contribution in [0.25, 0.3) is 0 Å². The Hall–Kier alpha value is -0.626. The fraction of sp³-hybridized carbons (Fsp3) is 0.727. The van der Waals surface area contributed by atoms with E-state index in [1.807, 2.05) is 0 Å². The Morgan fingerprint density at radius 3 is 2.15 bits per heavy atom. The number of aryl methyl sites for hydroxylation is 1. The summed E-state index contributed by atoms with van der Waals surface area (Å²) in [7, 11) is -0.670. The predicted molar refractivity (Wildman–Crippen MR) is 120 cm³/mol. The zero-order chi connectivity index (χ0) is 20.0. The quantitative estimate of drug-likeness (QED) is 0.182. The molecule has 0 spiro atoms. The molecule has 3 nitrogen and oxygen atoms in total. The second-order valence-electron chi connectivity index (χ2n) is 8.01. The van der Waals surface area contributed by atoms with Crippen molar-refractivity contribution in [2.75, 3.05) is 13.2 Å². The molecule has 0 aliphatic rings. The van der Waals surface area contributed by atoms with Gasteiger partial charge >= 0.3 is 0 Å². The number of benzene rings is 1. The van der Waals surface area contributed by atoms with Gasteiger partial charge in [0.15, 0.2) is 6.29 Å². The predicted octanol–water partition coefficient (Wildman–Crippen LogP) is 6.33. The van der Waals surface area contributed by atoms with Crippen LogP contribution in [0.5, 0.6) is 5.75 Å². The monoisotopic (exact) mass is 408 g/mol. The maximum absolute atomic E-state index is 6.24. The van der Waals surface area contributed by atoms with Gasteiger partial charge in [-0.3, -0.25) is 0 Å². The maximum atomic E-state index is 6.24. The van der Waals surface area contributed by atoms with Gasteiger partial charge in [0, 0.05) is 22.7 Å². The van der Waals surface area contributed by atoms with E-state index in [1.165, 1.54) is 30.9 Å². The van der Waals surface area contributed by atoms with E-state index in [1.54, 1.807) is 0 Å². The zero-order valence-electron chi connectivity index (χ0n) is 18.2. The van der Waals surface area contributed by atoms with Crippen molar-refractivity contribution in [3.8, 4) is 5.75 Å². The molecule has 2 radical (unpaired) electrons. The molecule has 5 heteroatoms. The smallest absolute Gasteiger partial charge is 0.242 e. The van der Waals surface area contributed by atoms with Crippen molar-refractivity contribution in [2.45, 2.75) is 90.4 Å². The maximum Gasteiger partial charge on any atom is 0.242 e. The van der Waals surface area contributed by atoms with E-state index < -0.39 is 8.32 Å². The Morgan fingerprint density at radius 1 is 0.926 bits per heavy atom. The molecule has 1 rings (SSSR count). The van der Waals surface area contributed by atoms with Crippen molar-refractivity contribution in [1.29, 1.82) is 0 Å². The summed E-state index contributed by atoms with van der Waals surface area (Å²) >= 11 is 0. The molecule has 0 atom stereocenters. The Kier molecular flexibility index (Phi) is 13.0. The molecule has 154 valence electrons. The van der Waals surface area contributed by atoms with Gasteiger partial charge in [-0.1, -0.05) is 57.4 Å². The van der Waals surface area contributed by atoms with Gasteiger partial charge in [-0.25, -0.2) is 0 Å². The normalized spacial score (nSPS) is 11.9. The molecule has 1 aromatic rings. The number of ether oxygens (including phenoxy) is 2. The summed E-state index contributed by atoms with van der Waals surface area (Å²) in [5, 5.41) is 0. The number of hydrogen-bond acceptors (Lipinski definition) is 3.